The number of aryl methyl sites for hydroxylation is 1. The van der Waals surface area contributed by atoms with Crippen LogP contribution in [0.15, 0.2) is 89.4 Å². The molecule has 3 aromatic rings. The Morgan fingerprint density at radius 1 is 0.818 bits per heavy atom. The molecule has 0 spiro atoms. The van der Waals surface area contributed by atoms with Crippen LogP contribution in [0.2, 0.25) is 0 Å². The molecule has 2 aromatic carbocycles. The molecular formula is C19H17N3. The second-order valence-electron chi connectivity index (χ2n) is 5.10. The Morgan fingerprint density at radius 2 is 1.41 bits per heavy atom. The fraction of sp³-hybridized carbons (Fsp3) is 0.105. The topological polar surface area (TPSA) is 37.6 Å². The minimum absolute atomic E-state index is 0.109. The minimum Gasteiger partial charge on any atom is -0.262 e. The molecule has 22 heavy (non-hydrogen) atoms. The Labute approximate surface area is 130 Å². The van der Waals surface area contributed by atoms with Gasteiger partial charge in [-0.05, 0) is 29.7 Å². The second kappa shape index (κ2) is 6.76. The summed E-state index contributed by atoms with van der Waals surface area (Å²) in [7, 11) is 0. The van der Waals surface area contributed by atoms with Crippen LogP contribution in [0, 0.1) is 6.92 Å². The van der Waals surface area contributed by atoms with Crippen LogP contribution in [-0.4, -0.2) is 4.98 Å². The summed E-state index contributed by atoms with van der Waals surface area (Å²) in [5.41, 5.74) is 4.12. The van der Waals surface area contributed by atoms with Gasteiger partial charge in [-0.1, -0.05) is 60.7 Å². The third-order valence-electron chi connectivity index (χ3n) is 3.52. The summed E-state index contributed by atoms with van der Waals surface area (Å²) in [6, 6.07) is 22.2. The monoisotopic (exact) mass is 287 g/mol. The SMILES string of the molecule is Cc1ccncc1N=NC(c1ccccc1)c1ccccc1. The van der Waals surface area contributed by atoms with E-state index in [2.05, 4.69) is 39.5 Å². The number of nitrogens with zero attached hydrogens (tertiary/aromatic N) is 3. The van der Waals surface area contributed by atoms with E-state index in [-0.39, 0.29) is 6.04 Å². The van der Waals surface area contributed by atoms with Crippen LogP contribution in [0.1, 0.15) is 22.7 Å². The minimum atomic E-state index is -0.109. The first-order valence-corrected chi connectivity index (χ1v) is 7.26. The Morgan fingerprint density at radius 3 is 1.95 bits per heavy atom. The fourth-order valence-corrected chi connectivity index (χ4v) is 2.28. The van der Waals surface area contributed by atoms with Gasteiger partial charge in [0.1, 0.15) is 11.7 Å². The molecule has 0 saturated heterocycles. The van der Waals surface area contributed by atoms with E-state index in [9.17, 15) is 0 Å². The predicted octanol–water partition coefficient (Wildman–Crippen LogP) is 5.26. The Balaban J connectivity index is 1.98. The molecule has 0 fully saturated rings. The molecule has 0 N–H and O–H groups in total. The largest absolute Gasteiger partial charge is 0.262 e. The molecule has 108 valence electrons. The standard InChI is InChI=1S/C19H17N3/c1-15-12-13-20-14-18(15)21-22-19(16-8-4-2-5-9-16)17-10-6-3-7-11-17/h2-14,19H,1H3. The lowest BCUT2D eigenvalue weighted by atomic mass is 10.00. The number of aromatic nitrogens is 1. The van der Waals surface area contributed by atoms with Gasteiger partial charge in [0, 0.05) is 6.20 Å². The first-order valence-electron chi connectivity index (χ1n) is 7.26. The predicted molar refractivity (Wildman–Crippen MR) is 88.2 cm³/mol. The zero-order valence-electron chi connectivity index (χ0n) is 12.4. The van der Waals surface area contributed by atoms with Crippen molar-refractivity contribution in [2.24, 2.45) is 10.2 Å². The van der Waals surface area contributed by atoms with Crippen molar-refractivity contribution < 1.29 is 0 Å². The van der Waals surface area contributed by atoms with Gasteiger partial charge in [-0.25, -0.2) is 0 Å². The van der Waals surface area contributed by atoms with Crippen molar-refractivity contribution in [2.75, 3.05) is 0 Å². The number of benzene rings is 2. The summed E-state index contributed by atoms with van der Waals surface area (Å²) in [5.74, 6) is 0. The summed E-state index contributed by atoms with van der Waals surface area (Å²) >= 11 is 0. The third kappa shape index (κ3) is 3.26. The molecule has 0 aliphatic heterocycles. The van der Waals surface area contributed by atoms with E-state index in [1.54, 1.807) is 12.4 Å². The molecule has 3 heteroatoms. The zero-order valence-corrected chi connectivity index (χ0v) is 12.4. The van der Waals surface area contributed by atoms with Crippen LogP contribution < -0.4 is 0 Å². The normalized spacial score (nSPS) is 11.2. The van der Waals surface area contributed by atoms with Gasteiger partial charge in [0.05, 0.1) is 6.20 Å². The molecule has 0 radical (unpaired) electrons. The quantitative estimate of drug-likeness (QED) is 0.603. The lowest BCUT2D eigenvalue weighted by Crippen LogP contribution is -1.96. The lowest BCUT2D eigenvalue weighted by Gasteiger charge is -2.12. The van der Waals surface area contributed by atoms with E-state index in [4.69, 9.17) is 0 Å². The highest BCUT2D eigenvalue weighted by atomic mass is 15.1. The van der Waals surface area contributed by atoms with E-state index in [0.717, 1.165) is 22.4 Å². The molecule has 0 bridgehead atoms. The molecule has 0 atom stereocenters. The van der Waals surface area contributed by atoms with Gasteiger partial charge in [0.15, 0.2) is 0 Å². The molecule has 0 aliphatic carbocycles. The smallest absolute Gasteiger partial charge is 0.121 e. The number of rotatable bonds is 4. The summed E-state index contributed by atoms with van der Waals surface area (Å²) in [6.07, 6.45) is 3.51. The van der Waals surface area contributed by atoms with Crippen molar-refractivity contribution in [3.8, 4) is 0 Å². The van der Waals surface area contributed by atoms with E-state index in [0.29, 0.717) is 0 Å². The summed E-state index contributed by atoms with van der Waals surface area (Å²) in [6.45, 7) is 2.01. The van der Waals surface area contributed by atoms with Crippen LogP contribution in [0.3, 0.4) is 0 Å². The van der Waals surface area contributed by atoms with Gasteiger partial charge in [-0.2, -0.15) is 10.2 Å². The molecule has 0 aliphatic rings. The van der Waals surface area contributed by atoms with Gasteiger partial charge in [-0.3, -0.25) is 4.98 Å². The highest BCUT2D eigenvalue weighted by Crippen LogP contribution is 2.28. The van der Waals surface area contributed by atoms with Crippen LogP contribution in [0.4, 0.5) is 5.69 Å². The van der Waals surface area contributed by atoms with Crippen molar-refractivity contribution in [1.29, 1.82) is 0 Å². The van der Waals surface area contributed by atoms with E-state index in [1.165, 1.54) is 0 Å². The van der Waals surface area contributed by atoms with Crippen LogP contribution in [0.5, 0.6) is 0 Å². The first-order chi connectivity index (χ1) is 10.8. The van der Waals surface area contributed by atoms with Crippen LogP contribution >= 0.6 is 0 Å². The van der Waals surface area contributed by atoms with Crippen molar-refractivity contribution in [2.45, 2.75) is 13.0 Å². The average molecular weight is 287 g/mol. The van der Waals surface area contributed by atoms with Gasteiger partial charge in [0.2, 0.25) is 0 Å². The van der Waals surface area contributed by atoms with E-state index < -0.39 is 0 Å². The maximum absolute atomic E-state index is 4.58. The number of pyridine rings is 1. The van der Waals surface area contributed by atoms with E-state index in [1.807, 2.05) is 49.4 Å². The Kier molecular flexibility index (Phi) is 4.35. The molecular weight excluding hydrogens is 270 g/mol. The highest BCUT2D eigenvalue weighted by Gasteiger charge is 2.12. The molecule has 3 rings (SSSR count). The van der Waals surface area contributed by atoms with Crippen LogP contribution in [-0.2, 0) is 0 Å². The summed E-state index contributed by atoms with van der Waals surface area (Å²) in [4.78, 5) is 4.12. The molecule has 3 nitrogen and oxygen atoms in total. The van der Waals surface area contributed by atoms with Gasteiger partial charge < -0.3 is 0 Å². The molecule has 1 aromatic heterocycles. The Bertz CT molecular complexity index is 712. The van der Waals surface area contributed by atoms with Crippen molar-refractivity contribution in [1.82, 2.24) is 4.98 Å². The van der Waals surface area contributed by atoms with Gasteiger partial charge in [0.25, 0.3) is 0 Å². The second-order valence-corrected chi connectivity index (χ2v) is 5.10. The summed E-state index contributed by atoms with van der Waals surface area (Å²) < 4.78 is 0. The maximum Gasteiger partial charge on any atom is 0.121 e. The number of azo groups is 1. The molecule has 0 saturated carbocycles. The van der Waals surface area contributed by atoms with Crippen LogP contribution in [0.25, 0.3) is 0 Å². The van der Waals surface area contributed by atoms with Crippen molar-refractivity contribution >= 4 is 5.69 Å². The fourth-order valence-electron chi connectivity index (χ4n) is 2.28. The first kappa shape index (κ1) is 14.1. The van der Waals surface area contributed by atoms with Gasteiger partial charge in [-0.15, -0.1) is 0 Å². The molecule has 0 amide bonds. The lowest BCUT2D eigenvalue weighted by molar-refractivity contribution is 0.807. The number of hydrogen-bond acceptors (Lipinski definition) is 3. The van der Waals surface area contributed by atoms with Crippen molar-refractivity contribution in [3.05, 3.63) is 95.8 Å². The highest BCUT2D eigenvalue weighted by molar-refractivity contribution is 5.41. The summed E-state index contributed by atoms with van der Waals surface area (Å²) in [5, 5.41) is 9.00. The van der Waals surface area contributed by atoms with E-state index >= 15 is 0 Å². The van der Waals surface area contributed by atoms with Gasteiger partial charge >= 0.3 is 0 Å². The maximum atomic E-state index is 4.58. The average Bonchev–Trinajstić information content (AvgIpc) is 2.59. The zero-order chi connectivity index (χ0) is 15.2. The molecule has 1 heterocycles. The molecule has 0 unspecified atom stereocenters. The Hall–Kier alpha value is -2.81. The number of hydrogen-bond donors (Lipinski definition) is 0. The third-order valence-corrected chi connectivity index (χ3v) is 3.52. The van der Waals surface area contributed by atoms with Crippen molar-refractivity contribution in [3.63, 3.8) is 0 Å².